The fourth-order valence-electron chi connectivity index (χ4n) is 2.66. The van der Waals surface area contributed by atoms with E-state index in [2.05, 4.69) is 41.4 Å². The number of aryl methyl sites for hydroxylation is 1. The van der Waals surface area contributed by atoms with Crippen molar-refractivity contribution >= 4 is 30.7 Å². The molecule has 0 aromatic heterocycles. The number of hydrogen-bond donors (Lipinski definition) is 2. The van der Waals surface area contributed by atoms with Crippen LogP contribution in [0.4, 0.5) is 0 Å². The molecule has 3 N–H and O–H groups in total. The number of benzene rings is 1. The Bertz CT molecular complexity index is 445. The number of amides is 1. The fraction of sp³-hybridized carbons (Fsp3) is 0.562. The molecule has 1 aliphatic rings. The van der Waals surface area contributed by atoms with Crippen LogP contribution in [0.15, 0.2) is 24.3 Å². The van der Waals surface area contributed by atoms with Crippen LogP contribution in [-0.4, -0.2) is 36.5 Å². The molecular weight excluding hydrogens is 321 g/mol. The molecule has 1 saturated heterocycles. The third-order valence-corrected chi connectivity index (χ3v) is 3.93. The molecule has 1 aliphatic heterocycles. The molecule has 6 heteroatoms. The van der Waals surface area contributed by atoms with Gasteiger partial charge in [-0.05, 0) is 45.3 Å². The Labute approximate surface area is 145 Å². The molecule has 126 valence electrons. The Morgan fingerprint density at radius 2 is 1.77 bits per heavy atom. The average molecular weight is 348 g/mol. The van der Waals surface area contributed by atoms with Gasteiger partial charge in [0.15, 0.2) is 0 Å². The van der Waals surface area contributed by atoms with Gasteiger partial charge in [0.05, 0.1) is 12.1 Å². The van der Waals surface area contributed by atoms with Crippen molar-refractivity contribution in [2.45, 2.75) is 38.8 Å². The zero-order valence-electron chi connectivity index (χ0n) is 13.2. The SMILES string of the molecule is Cc1ccc(C(CNC(=O)[C@@H](C)N)N2CCCC2)cc1.Cl.Cl. The summed E-state index contributed by atoms with van der Waals surface area (Å²) in [6.07, 6.45) is 2.48. The minimum atomic E-state index is -0.452. The van der Waals surface area contributed by atoms with E-state index in [4.69, 9.17) is 5.73 Å². The third kappa shape index (κ3) is 5.76. The van der Waals surface area contributed by atoms with Crippen LogP contribution in [0.3, 0.4) is 0 Å². The Morgan fingerprint density at radius 1 is 1.23 bits per heavy atom. The monoisotopic (exact) mass is 347 g/mol. The molecule has 22 heavy (non-hydrogen) atoms. The molecule has 0 spiro atoms. The summed E-state index contributed by atoms with van der Waals surface area (Å²) in [5, 5.41) is 2.97. The number of likely N-dealkylation sites (tertiary alicyclic amines) is 1. The predicted octanol–water partition coefficient (Wildman–Crippen LogP) is 2.44. The van der Waals surface area contributed by atoms with Crippen molar-refractivity contribution in [3.8, 4) is 0 Å². The first-order chi connectivity index (χ1) is 9.58. The lowest BCUT2D eigenvalue weighted by molar-refractivity contribution is -0.122. The van der Waals surface area contributed by atoms with Crippen LogP contribution >= 0.6 is 24.8 Å². The van der Waals surface area contributed by atoms with Gasteiger partial charge in [-0.3, -0.25) is 9.69 Å². The molecule has 1 amide bonds. The average Bonchev–Trinajstić information content (AvgIpc) is 2.94. The molecule has 1 heterocycles. The molecule has 0 radical (unpaired) electrons. The summed E-state index contributed by atoms with van der Waals surface area (Å²) < 4.78 is 0. The van der Waals surface area contributed by atoms with Gasteiger partial charge in [-0.1, -0.05) is 29.8 Å². The summed E-state index contributed by atoms with van der Waals surface area (Å²) in [5.74, 6) is -0.0821. The van der Waals surface area contributed by atoms with Crippen LogP contribution in [0.25, 0.3) is 0 Å². The van der Waals surface area contributed by atoms with Crippen molar-refractivity contribution in [3.63, 3.8) is 0 Å². The number of rotatable bonds is 5. The van der Waals surface area contributed by atoms with Gasteiger partial charge in [0.25, 0.3) is 0 Å². The third-order valence-electron chi connectivity index (χ3n) is 3.93. The highest BCUT2D eigenvalue weighted by Crippen LogP contribution is 2.24. The van der Waals surface area contributed by atoms with Gasteiger partial charge < -0.3 is 11.1 Å². The van der Waals surface area contributed by atoms with E-state index in [9.17, 15) is 4.79 Å². The lowest BCUT2D eigenvalue weighted by Gasteiger charge is -2.28. The van der Waals surface area contributed by atoms with Crippen LogP contribution in [0.1, 0.15) is 36.9 Å². The minimum Gasteiger partial charge on any atom is -0.353 e. The Balaban J connectivity index is 0.00000220. The number of nitrogens with zero attached hydrogens (tertiary/aromatic N) is 1. The van der Waals surface area contributed by atoms with Gasteiger partial charge in [-0.2, -0.15) is 0 Å². The quantitative estimate of drug-likeness (QED) is 0.859. The lowest BCUT2D eigenvalue weighted by atomic mass is 10.0. The van der Waals surface area contributed by atoms with E-state index in [0.29, 0.717) is 6.54 Å². The Hall–Kier alpha value is -0.810. The highest BCUT2D eigenvalue weighted by Gasteiger charge is 2.24. The summed E-state index contributed by atoms with van der Waals surface area (Å²) in [6.45, 7) is 6.64. The zero-order valence-corrected chi connectivity index (χ0v) is 14.9. The van der Waals surface area contributed by atoms with E-state index in [1.54, 1.807) is 6.92 Å². The van der Waals surface area contributed by atoms with Crippen molar-refractivity contribution in [1.29, 1.82) is 0 Å². The maximum Gasteiger partial charge on any atom is 0.236 e. The van der Waals surface area contributed by atoms with Crippen LogP contribution in [-0.2, 0) is 4.79 Å². The van der Waals surface area contributed by atoms with Crippen LogP contribution in [0.2, 0.25) is 0 Å². The molecule has 0 saturated carbocycles. The lowest BCUT2D eigenvalue weighted by Crippen LogP contribution is -2.43. The molecule has 2 rings (SSSR count). The number of carbonyl (C=O) groups is 1. The number of halogens is 2. The molecule has 1 aromatic carbocycles. The topological polar surface area (TPSA) is 58.4 Å². The summed E-state index contributed by atoms with van der Waals surface area (Å²) in [4.78, 5) is 14.1. The smallest absolute Gasteiger partial charge is 0.236 e. The van der Waals surface area contributed by atoms with Crippen molar-refractivity contribution < 1.29 is 4.79 Å². The Morgan fingerprint density at radius 3 is 2.27 bits per heavy atom. The summed E-state index contributed by atoms with van der Waals surface area (Å²) in [7, 11) is 0. The number of hydrogen-bond acceptors (Lipinski definition) is 3. The minimum absolute atomic E-state index is 0. The first-order valence-corrected chi connectivity index (χ1v) is 7.42. The van der Waals surface area contributed by atoms with Crippen LogP contribution in [0.5, 0.6) is 0 Å². The summed E-state index contributed by atoms with van der Waals surface area (Å²) in [5.41, 5.74) is 8.13. The maximum absolute atomic E-state index is 11.7. The molecular formula is C16H27Cl2N3O. The molecule has 1 aromatic rings. The van der Waals surface area contributed by atoms with Gasteiger partial charge in [0, 0.05) is 6.54 Å². The standard InChI is InChI=1S/C16H25N3O.2ClH/c1-12-5-7-14(8-6-12)15(19-9-3-4-10-19)11-18-16(20)13(2)17;;/h5-8,13,15H,3-4,9-11,17H2,1-2H3,(H,18,20);2*1H/t13-,15?;;/m1../s1. The van der Waals surface area contributed by atoms with E-state index >= 15 is 0 Å². The number of nitrogens with two attached hydrogens (primary N) is 1. The second-order valence-electron chi connectivity index (χ2n) is 5.70. The Kier molecular flexibility index (Phi) is 9.69. The second-order valence-corrected chi connectivity index (χ2v) is 5.70. The van der Waals surface area contributed by atoms with E-state index < -0.39 is 6.04 Å². The first-order valence-electron chi connectivity index (χ1n) is 7.42. The van der Waals surface area contributed by atoms with Gasteiger partial charge >= 0.3 is 0 Å². The normalized spacial score (nSPS) is 17.0. The molecule has 0 bridgehead atoms. The number of nitrogens with one attached hydrogen (secondary N) is 1. The molecule has 2 atom stereocenters. The maximum atomic E-state index is 11.7. The van der Waals surface area contributed by atoms with Crippen molar-refractivity contribution in [2.75, 3.05) is 19.6 Å². The zero-order chi connectivity index (χ0) is 14.5. The van der Waals surface area contributed by atoms with Crippen molar-refractivity contribution in [2.24, 2.45) is 5.73 Å². The van der Waals surface area contributed by atoms with Gasteiger partial charge in [0.2, 0.25) is 5.91 Å². The second kappa shape index (κ2) is 10.1. The van der Waals surface area contributed by atoms with Crippen molar-refractivity contribution in [1.82, 2.24) is 10.2 Å². The van der Waals surface area contributed by atoms with E-state index in [-0.39, 0.29) is 36.8 Å². The van der Waals surface area contributed by atoms with Gasteiger partial charge in [-0.15, -0.1) is 24.8 Å². The largest absolute Gasteiger partial charge is 0.353 e. The van der Waals surface area contributed by atoms with Crippen molar-refractivity contribution in [3.05, 3.63) is 35.4 Å². The fourth-order valence-corrected chi connectivity index (χ4v) is 2.66. The van der Waals surface area contributed by atoms with Crippen LogP contribution < -0.4 is 11.1 Å². The molecule has 0 aliphatic carbocycles. The summed E-state index contributed by atoms with van der Waals surface area (Å²) in [6, 6.07) is 8.39. The summed E-state index contributed by atoms with van der Waals surface area (Å²) >= 11 is 0. The number of carbonyl (C=O) groups excluding carboxylic acids is 1. The van der Waals surface area contributed by atoms with E-state index in [1.807, 2.05) is 0 Å². The molecule has 1 unspecified atom stereocenters. The van der Waals surface area contributed by atoms with Gasteiger partial charge in [0.1, 0.15) is 0 Å². The predicted molar refractivity (Wildman–Crippen MR) is 95.9 cm³/mol. The molecule has 4 nitrogen and oxygen atoms in total. The van der Waals surface area contributed by atoms with Crippen LogP contribution in [0, 0.1) is 6.92 Å². The van der Waals surface area contributed by atoms with E-state index in [1.165, 1.54) is 24.0 Å². The highest BCUT2D eigenvalue weighted by atomic mass is 35.5. The van der Waals surface area contributed by atoms with E-state index in [0.717, 1.165) is 13.1 Å². The highest BCUT2D eigenvalue weighted by molar-refractivity contribution is 5.85. The first kappa shape index (κ1) is 21.2. The van der Waals surface area contributed by atoms with Gasteiger partial charge in [-0.25, -0.2) is 0 Å². The molecule has 1 fully saturated rings.